The molecule has 23 heavy (non-hydrogen) atoms. The van der Waals surface area contributed by atoms with Gasteiger partial charge in [-0.3, -0.25) is 9.36 Å². The second-order valence-electron chi connectivity index (χ2n) is 5.32. The molecule has 0 unspecified atom stereocenters. The Morgan fingerprint density at radius 1 is 1.00 bits per heavy atom. The summed E-state index contributed by atoms with van der Waals surface area (Å²) in [6, 6.07) is 11.0. The largest absolute Gasteiger partial charge is 0.416 e. The Hall–Kier alpha value is -2.76. The number of nitrogen functional groups attached to an aromatic ring is 1. The molecule has 6 heteroatoms. The van der Waals surface area contributed by atoms with Crippen LogP contribution in [0.2, 0.25) is 0 Å². The number of halogens is 3. The third-order valence-electron chi connectivity index (χ3n) is 3.70. The van der Waals surface area contributed by atoms with E-state index in [1.807, 2.05) is 0 Å². The van der Waals surface area contributed by atoms with Crippen molar-refractivity contribution in [3.63, 3.8) is 0 Å². The molecule has 3 rings (SSSR count). The third kappa shape index (κ3) is 2.67. The molecule has 1 aromatic heterocycles. The summed E-state index contributed by atoms with van der Waals surface area (Å²) < 4.78 is 39.4. The summed E-state index contributed by atoms with van der Waals surface area (Å²) in [7, 11) is 0. The molecule has 2 N–H and O–H groups in total. The van der Waals surface area contributed by atoms with Crippen LogP contribution in [0.15, 0.2) is 53.3 Å². The lowest BCUT2D eigenvalue weighted by Crippen LogP contribution is -2.18. The molecule has 0 saturated heterocycles. The maximum Gasteiger partial charge on any atom is 0.416 e. The number of hydrogen-bond donors (Lipinski definition) is 1. The van der Waals surface area contributed by atoms with E-state index in [1.54, 1.807) is 25.1 Å². The number of aromatic nitrogens is 1. The van der Waals surface area contributed by atoms with Gasteiger partial charge in [-0.05, 0) is 55.0 Å². The predicted octanol–water partition coefficient (Wildman–Crippen LogP) is 3.90. The van der Waals surface area contributed by atoms with Crippen LogP contribution in [0.5, 0.6) is 0 Å². The number of benzene rings is 2. The number of hydrogen-bond acceptors (Lipinski definition) is 2. The van der Waals surface area contributed by atoms with Crippen molar-refractivity contribution < 1.29 is 13.2 Å². The van der Waals surface area contributed by atoms with E-state index < -0.39 is 11.7 Å². The van der Waals surface area contributed by atoms with E-state index in [-0.39, 0.29) is 5.56 Å². The van der Waals surface area contributed by atoms with Gasteiger partial charge >= 0.3 is 6.18 Å². The van der Waals surface area contributed by atoms with Gasteiger partial charge in [0.05, 0.1) is 11.1 Å². The minimum absolute atomic E-state index is 0.306. The average molecular weight is 318 g/mol. The molecule has 0 aliphatic heterocycles. The molecule has 3 aromatic rings. The van der Waals surface area contributed by atoms with Crippen LogP contribution in [0.3, 0.4) is 0 Å². The van der Waals surface area contributed by atoms with Gasteiger partial charge in [-0.1, -0.05) is 0 Å². The van der Waals surface area contributed by atoms with Crippen LogP contribution in [0.4, 0.5) is 18.9 Å². The number of fused-ring (bicyclic) bond motifs is 1. The fourth-order valence-electron chi connectivity index (χ4n) is 2.58. The smallest absolute Gasteiger partial charge is 0.399 e. The van der Waals surface area contributed by atoms with E-state index in [4.69, 9.17) is 5.73 Å². The predicted molar refractivity (Wildman–Crippen MR) is 83.7 cm³/mol. The Morgan fingerprint density at radius 2 is 1.65 bits per heavy atom. The van der Waals surface area contributed by atoms with Gasteiger partial charge in [0.25, 0.3) is 5.56 Å². The molecule has 2 aromatic carbocycles. The summed E-state index contributed by atoms with van der Waals surface area (Å²) in [5, 5.41) is 0.782. The lowest BCUT2D eigenvalue weighted by atomic mass is 10.1. The van der Waals surface area contributed by atoms with E-state index in [0.717, 1.165) is 23.1 Å². The third-order valence-corrected chi connectivity index (χ3v) is 3.70. The second-order valence-corrected chi connectivity index (χ2v) is 5.32. The van der Waals surface area contributed by atoms with Crippen LogP contribution in [-0.4, -0.2) is 4.57 Å². The van der Waals surface area contributed by atoms with E-state index in [2.05, 4.69) is 0 Å². The minimum atomic E-state index is -4.41. The van der Waals surface area contributed by atoms with E-state index >= 15 is 0 Å². The van der Waals surface area contributed by atoms with Crippen LogP contribution in [0, 0.1) is 6.92 Å². The highest BCUT2D eigenvalue weighted by molar-refractivity contribution is 5.86. The molecule has 0 bridgehead atoms. The molecule has 0 spiro atoms. The number of aryl methyl sites for hydroxylation is 1. The maximum atomic E-state index is 12.7. The Kier molecular flexibility index (Phi) is 3.39. The van der Waals surface area contributed by atoms with Crippen LogP contribution in [-0.2, 0) is 6.18 Å². The van der Waals surface area contributed by atoms with Gasteiger partial charge in [0.2, 0.25) is 0 Å². The Labute approximate surface area is 129 Å². The summed E-state index contributed by atoms with van der Waals surface area (Å²) in [5.41, 5.74) is 7.01. The topological polar surface area (TPSA) is 48.0 Å². The van der Waals surface area contributed by atoms with Crippen LogP contribution < -0.4 is 11.3 Å². The number of nitrogens with zero attached hydrogens (tertiary/aromatic N) is 1. The van der Waals surface area contributed by atoms with Crippen molar-refractivity contribution in [2.45, 2.75) is 13.1 Å². The second kappa shape index (κ2) is 5.15. The molecule has 0 aliphatic rings. The monoisotopic (exact) mass is 318 g/mol. The first kappa shape index (κ1) is 15.1. The van der Waals surface area contributed by atoms with Gasteiger partial charge in [-0.15, -0.1) is 0 Å². The zero-order chi connectivity index (χ0) is 16.8. The van der Waals surface area contributed by atoms with Crippen molar-refractivity contribution in [1.29, 1.82) is 0 Å². The molecule has 0 amide bonds. The molecule has 0 fully saturated rings. The van der Waals surface area contributed by atoms with Gasteiger partial charge < -0.3 is 5.73 Å². The summed E-state index contributed by atoms with van der Waals surface area (Å²) in [6.07, 6.45) is -4.41. The maximum absolute atomic E-state index is 12.7. The highest BCUT2D eigenvalue weighted by Gasteiger charge is 2.30. The molecule has 0 atom stereocenters. The van der Waals surface area contributed by atoms with Crippen molar-refractivity contribution in [2.75, 3.05) is 5.73 Å². The summed E-state index contributed by atoms with van der Waals surface area (Å²) >= 11 is 0. The SMILES string of the molecule is Cc1cc(=O)n(-c2ccc(C(F)(F)F)cc2)c2ccc(N)cc12. The Morgan fingerprint density at radius 3 is 2.26 bits per heavy atom. The summed E-state index contributed by atoms with van der Waals surface area (Å²) in [4.78, 5) is 12.3. The van der Waals surface area contributed by atoms with Gasteiger partial charge in [-0.25, -0.2) is 0 Å². The highest BCUT2D eigenvalue weighted by Crippen LogP contribution is 2.30. The van der Waals surface area contributed by atoms with Gasteiger partial charge in [0.15, 0.2) is 0 Å². The van der Waals surface area contributed by atoms with Crippen molar-refractivity contribution >= 4 is 16.6 Å². The molecule has 3 nitrogen and oxygen atoms in total. The first-order valence-electron chi connectivity index (χ1n) is 6.87. The number of nitrogens with two attached hydrogens (primary N) is 1. The average Bonchev–Trinajstić information content (AvgIpc) is 2.47. The van der Waals surface area contributed by atoms with Gasteiger partial charge in [0, 0.05) is 22.8 Å². The minimum Gasteiger partial charge on any atom is -0.399 e. The highest BCUT2D eigenvalue weighted by atomic mass is 19.4. The molecular weight excluding hydrogens is 305 g/mol. The zero-order valence-corrected chi connectivity index (χ0v) is 12.2. The zero-order valence-electron chi connectivity index (χ0n) is 12.2. The number of rotatable bonds is 1. The van der Waals surface area contributed by atoms with Crippen molar-refractivity contribution in [3.8, 4) is 5.69 Å². The quantitative estimate of drug-likeness (QED) is 0.692. The van der Waals surface area contributed by atoms with Crippen LogP contribution in [0.25, 0.3) is 16.6 Å². The van der Waals surface area contributed by atoms with E-state index in [1.165, 1.54) is 22.8 Å². The molecule has 0 saturated carbocycles. The standard InChI is InChI=1S/C17H13F3N2O/c1-10-8-16(23)22(15-7-4-12(21)9-14(10)15)13-5-2-11(3-6-13)17(18,19)20/h2-9H,21H2,1H3. The first-order chi connectivity index (χ1) is 10.8. The summed E-state index contributed by atoms with van der Waals surface area (Å²) in [5.74, 6) is 0. The fourth-order valence-corrected chi connectivity index (χ4v) is 2.58. The molecule has 1 heterocycles. The lowest BCUT2D eigenvalue weighted by Gasteiger charge is -2.14. The van der Waals surface area contributed by atoms with Crippen LogP contribution >= 0.6 is 0 Å². The first-order valence-corrected chi connectivity index (χ1v) is 6.87. The Bertz CT molecular complexity index is 941. The molecule has 0 aliphatic carbocycles. The van der Waals surface area contributed by atoms with Crippen molar-refractivity contribution in [2.24, 2.45) is 0 Å². The Balaban J connectivity index is 2.26. The van der Waals surface area contributed by atoms with Gasteiger partial charge in [0.1, 0.15) is 0 Å². The molecule has 0 radical (unpaired) electrons. The number of alkyl halides is 3. The molecule has 118 valence electrons. The van der Waals surface area contributed by atoms with Crippen LogP contribution in [0.1, 0.15) is 11.1 Å². The van der Waals surface area contributed by atoms with E-state index in [9.17, 15) is 18.0 Å². The molecular formula is C17H13F3N2O. The normalized spacial score (nSPS) is 11.8. The summed E-state index contributed by atoms with van der Waals surface area (Å²) in [6.45, 7) is 1.79. The fraction of sp³-hybridized carbons (Fsp3) is 0.118. The van der Waals surface area contributed by atoms with Crippen molar-refractivity contribution in [1.82, 2.24) is 4.57 Å². The number of anilines is 1. The van der Waals surface area contributed by atoms with E-state index in [0.29, 0.717) is 16.9 Å². The number of pyridine rings is 1. The van der Waals surface area contributed by atoms with Crippen molar-refractivity contribution in [3.05, 3.63) is 70.0 Å². The lowest BCUT2D eigenvalue weighted by molar-refractivity contribution is -0.137. The van der Waals surface area contributed by atoms with Gasteiger partial charge in [-0.2, -0.15) is 13.2 Å².